The van der Waals surface area contributed by atoms with Crippen molar-refractivity contribution in [3.8, 4) is 5.75 Å². The number of methoxy groups -OCH3 is 1. The molecule has 0 bridgehead atoms. The van der Waals surface area contributed by atoms with Crippen molar-refractivity contribution in [3.63, 3.8) is 0 Å². The molecule has 0 aliphatic carbocycles. The summed E-state index contributed by atoms with van der Waals surface area (Å²) in [7, 11) is 1.67. The molecule has 1 fully saturated rings. The Labute approximate surface area is 156 Å². The lowest BCUT2D eigenvalue weighted by atomic mass is 10.2. The maximum Gasteiger partial charge on any atom is 0.321 e. The topological polar surface area (TPSA) is 44.8 Å². The van der Waals surface area contributed by atoms with Crippen LogP contribution in [0.4, 0.5) is 16.2 Å². The van der Waals surface area contributed by atoms with E-state index in [0.717, 1.165) is 40.2 Å². The fourth-order valence-corrected chi connectivity index (χ4v) is 3.40. The number of urea groups is 1. The number of carbonyl (C=O) groups is 1. The van der Waals surface area contributed by atoms with Gasteiger partial charge in [0, 0.05) is 42.0 Å². The van der Waals surface area contributed by atoms with E-state index in [4.69, 9.17) is 4.74 Å². The summed E-state index contributed by atoms with van der Waals surface area (Å²) in [6.07, 6.45) is 0. The molecule has 2 amide bonds. The van der Waals surface area contributed by atoms with Crippen molar-refractivity contribution in [2.24, 2.45) is 0 Å². The normalized spacial score (nSPS) is 14.4. The molecule has 0 radical (unpaired) electrons. The molecule has 1 aliphatic heterocycles. The fourth-order valence-electron chi connectivity index (χ4n) is 2.92. The zero-order valence-electron chi connectivity index (χ0n) is 14.5. The summed E-state index contributed by atoms with van der Waals surface area (Å²) >= 11 is 3.44. The standard InChI is InChI=1S/C19H22BrN3O2/c1-14-13-15(20)3-8-18(14)21-19(24)23-11-9-22(10-12-23)16-4-6-17(25-2)7-5-16/h3-8,13H,9-12H2,1-2H3,(H,21,24). The summed E-state index contributed by atoms with van der Waals surface area (Å²) in [4.78, 5) is 16.6. The highest BCUT2D eigenvalue weighted by Gasteiger charge is 2.21. The first-order valence-electron chi connectivity index (χ1n) is 8.28. The molecule has 132 valence electrons. The summed E-state index contributed by atoms with van der Waals surface area (Å²) in [6, 6.07) is 13.8. The van der Waals surface area contributed by atoms with Crippen LogP contribution in [0.2, 0.25) is 0 Å². The summed E-state index contributed by atoms with van der Waals surface area (Å²) in [5, 5.41) is 3.01. The third-order valence-corrected chi connectivity index (χ3v) is 4.93. The predicted octanol–water partition coefficient (Wildman–Crippen LogP) is 4.12. The van der Waals surface area contributed by atoms with Crippen LogP contribution >= 0.6 is 15.9 Å². The van der Waals surface area contributed by atoms with Crippen LogP contribution in [0.5, 0.6) is 5.75 Å². The second-order valence-corrected chi connectivity index (χ2v) is 6.98. The van der Waals surface area contributed by atoms with Gasteiger partial charge in [0.2, 0.25) is 0 Å². The first-order chi connectivity index (χ1) is 12.1. The SMILES string of the molecule is COc1ccc(N2CCN(C(=O)Nc3ccc(Br)cc3C)CC2)cc1. The predicted molar refractivity (Wildman–Crippen MR) is 105 cm³/mol. The van der Waals surface area contributed by atoms with Gasteiger partial charge in [0.25, 0.3) is 0 Å². The Hall–Kier alpha value is -2.21. The summed E-state index contributed by atoms with van der Waals surface area (Å²) in [5.74, 6) is 0.853. The van der Waals surface area contributed by atoms with Crippen LogP contribution in [0.3, 0.4) is 0 Å². The van der Waals surface area contributed by atoms with Gasteiger partial charge in [-0.05, 0) is 55.0 Å². The second-order valence-electron chi connectivity index (χ2n) is 6.06. The Morgan fingerprint density at radius 3 is 2.36 bits per heavy atom. The number of aryl methyl sites for hydroxylation is 1. The Balaban J connectivity index is 1.56. The van der Waals surface area contributed by atoms with E-state index in [2.05, 4.69) is 38.3 Å². The van der Waals surface area contributed by atoms with Crippen molar-refractivity contribution < 1.29 is 9.53 Å². The molecular weight excluding hydrogens is 382 g/mol. The Kier molecular flexibility index (Phi) is 5.48. The van der Waals surface area contributed by atoms with Gasteiger partial charge in [-0.25, -0.2) is 4.79 Å². The molecular formula is C19H22BrN3O2. The molecule has 5 nitrogen and oxygen atoms in total. The molecule has 1 aliphatic rings. The number of rotatable bonds is 3. The number of carbonyl (C=O) groups excluding carboxylic acids is 1. The van der Waals surface area contributed by atoms with E-state index >= 15 is 0 Å². The molecule has 6 heteroatoms. The van der Waals surface area contributed by atoms with Gasteiger partial charge in [-0.3, -0.25) is 0 Å². The Bertz CT molecular complexity index is 741. The highest BCUT2D eigenvalue weighted by Crippen LogP contribution is 2.22. The van der Waals surface area contributed by atoms with Gasteiger partial charge in [-0.1, -0.05) is 15.9 Å². The number of hydrogen-bond acceptors (Lipinski definition) is 3. The largest absolute Gasteiger partial charge is 0.497 e. The average molecular weight is 404 g/mol. The van der Waals surface area contributed by atoms with E-state index in [-0.39, 0.29) is 6.03 Å². The number of halogens is 1. The van der Waals surface area contributed by atoms with Crippen LogP contribution in [0.1, 0.15) is 5.56 Å². The Morgan fingerprint density at radius 1 is 1.08 bits per heavy atom. The number of ether oxygens (including phenoxy) is 1. The molecule has 0 spiro atoms. The first kappa shape index (κ1) is 17.6. The average Bonchev–Trinajstić information content (AvgIpc) is 2.64. The summed E-state index contributed by atoms with van der Waals surface area (Å²) < 4.78 is 6.21. The summed E-state index contributed by atoms with van der Waals surface area (Å²) in [6.45, 7) is 5.03. The van der Waals surface area contributed by atoms with Crippen molar-refractivity contribution in [1.29, 1.82) is 0 Å². The van der Waals surface area contributed by atoms with Crippen LogP contribution in [0, 0.1) is 6.92 Å². The van der Waals surface area contributed by atoms with E-state index in [1.54, 1.807) is 7.11 Å². The fraction of sp³-hybridized carbons (Fsp3) is 0.316. The molecule has 0 atom stereocenters. The quantitative estimate of drug-likeness (QED) is 0.837. The highest BCUT2D eigenvalue weighted by atomic mass is 79.9. The lowest BCUT2D eigenvalue weighted by Crippen LogP contribution is -2.50. The second kappa shape index (κ2) is 7.78. The number of hydrogen-bond donors (Lipinski definition) is 1. The highest BCUT2D eigenvalue weighted by molar-refractivity contribution is 9.10. The molecule has 3 rings (SSSR count). The van der Waals surface area contributed by atoms with Gasteiger partial charge in [-0.15, -0.1) is 0 Å². The number of anilines is 2. The first-order valence-corrected chi connectivity index (χ1v) is 9.07. The van der Waals surface area contributed by atoms with Crippen molar-refractivity contribution in [1.82, 2.24) is 4.90 Å². The molecule has 25 heavy (non-hydrogen) atoms. The molecule has 0 saturated carbocycles. The number of nitrogens with zero attached hydrogens (tertiary/aromatic N) is 2. The molecule has 0 aromatic heterocycles. The van der Waals surface area contributed by atoms with Gasteiger partial charge in [0.05, 0.1) is 7.11 Å². The molecule has 2 aromatic rings. The van der Waals surface area contributed by atoms with Crippen molar-refractivity contribution in [2.75, 3.05) is 43.5 Å². The third-order valence-electron chi connectivity index (χ3n) is 4.43. The number of nitrogens with one attached hydrogen (secondary N) is 1. The smallest absolute Gasteiger partial charge is 0.321 e. The lowest BCUT2D eigenvalue weighted by Gasteiger charge is -2.36. The van der Waals surface area contributed by atoms with Crippen LogP contribution < -0.4 is 15.0 Å². The van der Waals surface area contributed by atoms with E-state index in [9.17, 15) is 4.79 Å². The van der Waals surface area contributed by atoms with E-state index < -0.39 is 0 Å². The van der Waals surface area contributed by atoms with Gasteiger partial charge in [0.1, 0.15) is 5.75 Å². The van der Waals surface area contributed by atoms with Gasteiger partial charge in [-0.2, -0.15) is 0 Å². The molecule has 1 saturated heterocycles. The van der Waals surface area contributed by atoms with Crippen LogP contribution in [0.15, 0.2) is 46.9 Å². The zero-order valence-corrected chi connectivity index (χ0v) is 16.0. The number of piperazine rings is 1. The van der Waals surface area contributed by atoms with Crippen LogP contribution in [-0.4, -0.2) is 44.2 Å². The van der Waals surface area contributed by atoms with Gasteiger partial charge < -0.3 is 19.9 Å². The van der Waals surface area contributed by atoms with Crippen LogP contribution in [0.25, 0.3) is 0 Å². The molecule has 0 unspecified atom stereocenters. The monoisotopic (exact) mass is 403 g/mol. The van der Waals surface area contributed by atoms with Crippen LogP contribution in [-0.2, 0) is 0 Å². The minimum absolute atomic E-state index is 0.0418. The van der Waals surface area contributed by atoms with Gasteiger partial charge >= 0.3 is 6.03 Å². The van der Waals surface area contributed by atoms with Crippen molar-refractivity contribution in [3.05, 3.63) is 52.5 Å². The number of benzene rings is 2. The molecule has 1 heterocycles. The minimum Gasteiger partial charge on any atom is -0.497 e. The van der Waals surface area contributed by atoms with E-state index in [1.807, 2.05) is 42.2 Å². The maximum atomic E-state index is 12.5. The molecule has 1 N–H and O–H groups in total. The number of amides is 2. The lowest BCUT2D eigenvalue weighted by molar-refractivity contribution is 0.208. The molecule has 2 aromatic carbocycles. The maximum absolute atomic E-state index is 12.5. The van der Waals surface area contributed by atoms with E-state index in [1.165, 1.54) is 0 Å². The van der Waals surface area contributed by atoms with E-state index in [0.29, 0.717) is 13.1 Å². The summed E-state index contributed by atoms with van der Waals surface area (Å²) in [5.41, 5.74) is 3.05. The van der Waals surface area contributed by atoms with Crippen molar-refractivity contribution in [2.45, 2.75) is 6.92 Å². The van der Waals surface area contributed by atoms with Gasteiger partial charge in [0.15, 0.2) is 0 Å². The third kappa shape index (κ3) is 4.25. The zero-order chi connectivity index (χ0) is 17.8. The Morgan fingerprint density at radius 2 is 1.76 bits per heavy atom. The minimum atomic E-state index is -0.0418. The van der Waals surface area contributed by atoms with Crippen molar-refractivity contribution >= 4 is 33.3 Å².